The van der Waals surface area contributed by atoms with Crippen molar-refractivity contribution >= 4 is 22.8 Å². The van der Waals surface area contributed by atoms with E-state index in [4.69, 9.17) is 4.74 Å². The molecule has 132 valence electrons. The summed E-state index contributed by atoms with van der Waals surface area (Å²) in [5, 5.41) is 5.19. The lowest BCUT2D eigenvalue weighted by Gasteiger charge is -2.34. The van der Waals surface area contributed by atoms with Gasteiger partial charge in [0.1, 0.15) is 6.04 Å². The number of aryl methyl sites for hydroxylation is 1. The first-order valence-corrected chi connectivity index (χ1v) is 8.47. The number of methoxy groups -OCH3 is 1. The van der Waals surface area contributed by atoms with E-state index in [1.807, 2.05) is 55.6 Å². The fourth-order valence-electron chi connectivity index (χ4n) is 3.59. The quantitative estimate of drug-likeness (QED) is 0.666. The van der Waals surface area contributed by atoms with E-state index >= 15 is 0 Å². The second kappa shape index (κ2) is 6.29. The molecule has 2 heterocycles. The van der Waals surface area contributed by atoms with Gasteiger partial charge in [-0.25, -0.2) is 4.79 Å². The molecule has 0 fully saturated rings. The van der Waals surface area contributed by atoms with Crippen LogP contribution in [0.5, 0.6) is 0 Å². The Morgan fingerprint density at radius 2 is 1.77 bits per heavy atom. The highest BCUT2D eigenvalue weighted by Gasteiger charge is 2.37. The smallest absolute Gasteiger partial charge is 0.328 e. The van der Waals surface area contributed by atoms with Crippen LogP contribution in [0, 0.1) is 0 Å². The molecular weight excluding hydrogens is 330 g/mol. The molecule has 26 heavy (non-hydrogen) atoms. The van der Waals surface area contributed by atoms with Crippen molar-refractivity contribution < 1.29 is 14.3 Å². The van der Waals surface area contributed by atoms with E-state index in [2.05, 4.69) is 5.10 Å². The monoisotopic (exact) mass is 349 g/mol. The maximum absolute atomic E-state index is 13.3. The van der Waals surface area contributed by atoms with Crippen LogP contribution in [-0.4, -0.2) is 39.7 Å². The van der Waals surface area contributed by atoms with Crippen molar-refractivity contribution in [1.82, 2.24) is 14.7 Å². The van der Waals surface area contributed by atoms with Gasteiger partial charge in [-0.15, -0.1) is 0 Å². The van der Waals surface area contributed by atoms with Crippen molar-refractivity contribution in [1.29, 1.82) is 0 Å². The van der Waals surface area contributed by atoms with Crippen LogP contribution in [0.2, 0.25) is 0 Å². The lowest BCUT2D eigenvalue weighted by molar-refractivity contribution is -0.146. The SMILES string of the molecule is COC(=O)[C@@H]1Cc2ccccc2CN1C(=O)c1nn(C)c2ccccc12. The van der Waals surface area contributed by atoms with E-state index in [9.17, 15) is 9.59 Å². The number of para-hydroxylation sites is 1. The van der Waals surface area contributed by atoms with Crippen LogP contribution < -0.4 is 0 Å². The molecule has 3 aromatic rings. The largest absolute Gasteiger partial charge is 0.467 e. The lowest BCUT2D eigenvalue weighted by Crippen LogP contribution is -2.49. The summed E-state index contributed by atoms with van der Waals surface area (Å²) < 4.78 is 6.64. The number of hydrogen-bond acceptors (Lipinski definition) is 4. The molecular formula is C20H19N3O3. The van der Waals surface area contributed by atoms with Crippen molar-refractivity contribution in [2.24, 2.45) is 7.05 Å². The number of amides is 1. The summed E-state index contributed by atoms with van der Waals surface area (Å²) in [7, 11) is 3.16. The minimum absolute atomic E-state index is 0.258. The molecule has 0 radical (unpaired) electrons. The summed E-state index contributed by atoms with van der Waals surface area (Å²) in [6.07, 6.45) is 0.444. The molecule has 2 aromatic carbocycles. The van der Waals surface area contributed by atoms with Gasteiger partial charge in [-0.05, 0) is 17.2 Å². The molecule has 1 atom stereocenters. The summed E-state index contributed by atoms with van der Waals surface area (Å²) >= 11 is 0. The van der Waals surface area contributed by atoms with E-state index in [1.165, 1.54) is 7.11 Å². The Hall–Kier alpha value is -3.15. The third-order valence-electron chi connectivity index (χ3n) is 4.94. The van der Waals surface area contributed by atoms with Crippen molar-refractivity contribution in [2.45, 2.75) is 19.0 Å². The predicted molar refractivity (Wildman–Crippen MR) is 96.5 cm³/mol. The van der Waals surface area contributed by atoms with Gasteiger partial charge in [-0.2, -0.15) is 5.10 Å². The summed E-state index contributed by atoms with van der Waals surface area (Å²) in [5.74, 6) is -0.667. The van der Waals surface area contributed by atoms with E-state index in [1.54, 1.807) is 9.58 Å². The number of ether oxygens (including phenoxy) is 1. The number of fused-ring (bicyclic) bond motifs is 2. The predicted octanol–water partition coefficient (Wildman–Crippen LogP) is 2.31. The summed E-state index contributed by atoms with van der Waals surface area (Å²) in [4.78, 5) is 27.2. The molecule has 4 rings (SSSR count). The van der Waals surface area contributed by atoms with E-state index < -0.39 is 12.0 Å². The van der Waals surface area contributed by atoms with Gasteiger partial charge >= 0.3 is 5.97 Å². The van der Waals surface area contributed by atoms with Crippen LogP contribution in [-0.2, 0) is 29.5 Å². The molecule has 0 aliphatic carbocycles. The molecule has 6 heteroatoms. The molecule has 0 unspecified atom stereocenters. The normalized spacial score (nSPS) is 16.4. The van der Waals surface area contributed by atoms with Crippen LogP contribution in [0.3, 0.4) is 0 Å². The number of hydrogen-bond donors (Lipinski definition) is 0. The molecule has 0 bridgehead atoms. The number of nitrogens with zero attached hydrogens (tertiary/aromatic N) is 3. The first-order valence-electron chi connectivity index (χ1n) is 8.47. The molecule has 1 aliphatic heterocycles. The third-order valence-corrected chi connectivity index (χ3v) is 4.94. The van der Waals surface area contributed by atoms with Crippen molar-refractivity contribution in [3.05, 3.63) is 65.4 Å². The van der Waals surface area contributed by atoms with Gasteiger partial charge in [-0.1, -0.05) is 42.5 Å². The average Bonchev–Trinajstić information content (AvgIpc) is 3.02. The van der Waals surface area contributed by atoms with E-state index in [-0.39, 0.29) is 5.91 Å². The highest BCUT2D eigenvalue weighted by Crippen LogP contribution is 2.27. The van der Waals surface area contributed by atoms with Crippen molar-refractivity contribution in [3.63, 3.8) is 0 Å². The van der Waals surface area contributed by atoms with Crippen LogP contribution in [0.25, 0.3) is 10.9 Å². The number of esters is 1. The molecule has 1 aromatic heterocycles. The highest BCUT2D eigenvalue weighted by molar-refractivity contribution is 6.06. The lowest BCUT2D eigenvalue weighted by atomic mass is 9.93. The zero-order chi connectivity index (χ0) is 18.3. The highest BCUT2D eigenvalue weighted by atomic mass is 16.5. The van der Waals surface area contributed by atoms with Gasteiger partial charge in [-0.3, -0.25) is 9.48 Å². The number of benzene rings is 2. The van der Waals surface area contributed by atoms with Crippen molar-refractivity contribution in [2.75, 3.05) is 7.11 Å². The topological polar surface area (TPSA) is 64.4 Å². The van der Waals surface area contributed by atoms with Crippen LogP contribution in [0.1, 0.15) is 21.6 Å². The number of carbonyl (C=O) groups excluding carboxylic acids is 2. The Labute approximate surface area is 151 Å². The first kappa shape index (κ1) is 16.3. The third kappa shape index (κ3) is 2.54. The van der Waals surface area contributed by atoms with Gasteiger partial charge in [0.25, 0.3) is 5.91 Å². The summed E-state index contributed by atoms with van der Waals surface area (Å²) in [6.45, 7) is 0.361. The van der Waals surface area contributed by atoms with Crippen LogP contribution in [0.4, 0.5) is 0 Å². The maximum atomic E-state index is 13.3. The summed E-state index contributed by atoms with van der Waals surface area (Å²) in [5.41, 5.74) is 3.35. The Kier molecular flexibility index (Phi) is 3.95. The van der Waals surface area contributed by atoms with E-state index in [0.29, 0.717) is 18.7 Å². The van der Waals surface area contributed by atoms with Gasteiger partial charge in [0.2, 0.25) is 0 Å². The Bertz CT molecular complexity index is 1010. The van der Waals surface area contributed by atoms with Gasteiger partial charge in [0, 0.05) is 25.4 Å². The van der Waals surface area contributed by atoms with Gasteiger partial charge in [0.05, 0.1) is 12.6 Å². The second-order valence-electron chi connectivity index (χ2n) is 6.43. The average molecular weight is 349 g/mol. The molecule has 0 spiro atoms. The zero-order valence-corrected chi connectivity index (χ0v) is 14.7. The van der Waals surface area contributed by atoms with Crippen LogP contribution >= 0.6 is 0 Å². The molecule has 0 saturated heterocycles. The number of rotatable bonds is 2. The Morgan fingerprint density at radius 1 is 1.08 bits per heavy atom. The standard InChI is InChI=1S/C20H19N3O3/c1-22-16-10-6-5-9-15(16)18(21-22)19(24)23-12-14-8-4-3-7-13(14)11-17(23)20(25)26-2/h3-10,17H,11-12H2,1-2H3/t17-/m0/s1. The fourth-order valence-corrected chi connectivity index (χ4v) is 3.59. The van der Waals surface area contributed by atoms with Gasteiger partial charge in [0.15, 0.2) is 5.69 Å². The summed E-state index contributed by atoms with van der Waals surface area (Å²) in [6, 6.07) is 14.8. The number of carbonyl (C=O) groups is 2. The molecule has 6 nitrogen and oxygen atoms in total. The molecule has 1 amide bonds. The van der Waals surface area contributed by atoms with Crippen molar-refractivity contribution in [3.8, 4) is 0 Å². The Balaban J connectivity index is 1.78. The number of aromatic nitrogens is 2. The zero-order valence-electron chi connectivity index (χ0n) is 14.7. The first-order chi connectivity index (χ1) is 12.6. The maximum Gasteiger partial charge on any atom is 0.328 e. The minimum atomic E-state index is -0.650. The Morgan fingerprint density at radius 3 is 2.54 bits per heavy atom. The van der Waals surface area contributed by atoms with Gasteiger partial charge < -0.3 is 9.64 Å². The second-order valence-corrected chi connectivity index (χ2v) is 6.43. The molecule has 0 N–H and O–H groups in total. The fraction of sp³-hybridized carbons (Fsp3) is 0.250. The minimum Gasteiger partial charge on any atom is -0.467 e. The molecule has 0 saturated carbocycles. The van der Waals surface area contributed by atoms with Crippen LogP contribution in [0.15, 0.2) is 48.5 Å². The molecule has 1 aliphatic rings. The van der Waals surface area contributed by atoms with E-state index in [0.717, 1.165) is 22.0 Å².